The van der Waals surface area contributed by atoms with Gasteiger partial charge in [0.25, 0.3) is 0 Å². The number of rotatable bonds is 5. The fraction of sp³-hybridized carbons (Fsp3) is 0.469. The molecule has 1 aliphatic rings. The minimum Gasteiger partial charge on any atom is -0.354 e. The van der Waals surface area contributed by atoms with Gasteiger partial charge in [-0.15, -0.1) is 0 Å². The number of carbonyl (C=O) groups is 4. The van der Waals surface area contributed by atoms with Gasteiger partial charge in [-0.05, 0) is 44.7 Å². The van der Waals surface area contributed by atoms with Crippen molar-refractivity contribution in [3.8, 4) is 11.4 Å². The third-order valence-electron chi connectivity index (χ3n) is 7.33. The van der Waals surface area contributed by atoms with Gasteiger partial charge in [0.05, 0.1) is 18.3 Å². The average Bonchev–Trinajstić information content (AvgIpc) is 3.42. The summed E-state index contributed by atoms with van der Waals surface area (Å²) in [4.78, 5) is 63.7. The van der Waals surface area contributed by atoms with Crippen molar-refractivity contribution in [2.75, 3.05) is 19.6 Å². The quantitative estimate of drug-likeness (QED) is 0.335. The zero-order valence-corrected chi connectivity index (χ0v) is 26.3. The van der Waals surface area contributed by atoms with E-state index in [1.165, 1.54) is 4.68 Å². The van der Waals surface area contributed by atoms with Gasteiger partial charge in [0, 0.05) is 31.4 Å². The molecule has 45 heavy (non-hydrogen) atoms. The molecule has 13 nitrogen and oxygen atoms in total. The molecule has 3 aromatic rings. The molecule has 1 aliphatic heterocycles. The lowest BCUT2D eigenvalue weighted by Gasteiger charge is -2.25. The maximum Gasteiger partial charge on any atom is 0.243 e. The van der Waals surface area contributed by atoms with Crippen molar-refractivity contribution in [3.05, 3.63) is 66.2 Å². The molecule has 1 aromatic carbocycles. The molecule has 4 rings (SSSR count). The van der Waals surface area contributed by atoms with Crippen LogP contribution in [0.2, 0.25) is 0 Å². The Morgan fingerprint density at radius 2 is 1.62 bits per heavy atom. The first-order valence-corrected chi connectivity index (χ1v) is 15.4. The number of hydrogen-bond donors (Lipinski definition) is 4. The standard InChI is InChI=1S/C32H43N9O4/c1-21(2)17-26-32(45)36-22(3)30-38-29(24-11-6-5-7-12-24)39-41(30)20-27(42)34-15-10-16-40(18-25-13-8-9-14-33-25)19-28(43)35-23(4)31(44)37-26/h5-9,11-14,21-23,26H,10,15-20H2,1-4H3,(H,34,42)(H,35,43)(H,36,45)(H,37,44)/t22-,23+,26+/m0/s1. The number of hydrogen-bond acceptors (Lipinski definition) is 8. The predicted molar refractivity (Wildman–Crippen MR) is 168 cm³/mol. The Morgan fingerprint density at radius 1 is 0.867 bits per heavy atom. The zero-order valence-electron chi connectivity index (χ0n) is 26.3. The Bertz CT molecular complexity index is 1450. The van der Waals surface area contributed by atoms with E-state index in [2.05, 4.69) is 31.3 Å². The molecule has 240 valence electrons. The van der Waals surface area contributed by atoms with E-state index in [-0.39, 0.29) is 30.8 Å². The van der Waals surface area contributed by atoms with E-state index in [0.29, 0.717) is 44.1 Å². The maximum atomic E-state index is 13.5. The van der Waals surface area contributed by atoms with Crippen molar-refractivity contribution in [1.29, 1.82) is 0 Å². The molecule has 0 saturated carbocycles. The number of nitrogens with zero attached hydrogens (tertiary/aromatic N) is 5. The zero-order chi connectivity index (χ0) is 32.3. The number of amides is 4. The normalized spacial score (nSPS) is 21.4. The number of nitrogens with one attached hydrogen (secondary N) is 4. The van der Waals surface area contributed by atoms with Gasteiger partial charge in [-0.1, -0.05) is 50.2 Å². The highest BCUT2D eigenvalue weighted by molar-refractivity contribution is 5.92. The molecule has 2 aromatic heterocycles. The topological polar surface area (TPSA) is 163 Å². The Balaban J connectivity index is 1.60. The van der Waals surface area contributed by atoms with Crippen molar-refractivity contribution in [1.82, 2.24) is 45.9 Å². The minimum absolute atomic E-state index is 0.0279. The Hall–Kier alpha value is -4.65. The first-order valence-electron chi connectivity index (χ1n) is 15.4. The molecular weight excluding hydrogens is 574 g/mol. The van der Waals surface area contributed by atoms with Gasteiger partial charge >= 0.3 is 0 Å². The van der Waals surface area contributed by atoms with E-state index in [4.69, 9.17) is 4.98 Å². The van der Waals surface area contributed by atoms with Crippen molar-refractivity contribution in [2.45, 2.75) is 71.8 Å². The largest absolute Gasteiger partial charge is 0.354 e. The van der Waals surface area contributed by atoms with Gasteiger partial charge < -0.3 is 21.3 Å². The van der Waals surface area contributed by atoms with Crippen LogP contribution in [0.5, 0.6) is 0 Å². The fourth-order valence-corrected chi connectivity index (χ4v) is 5.09. The molecule has 4 amide bonds. The van der Waals surface area contributed by atoms with E-state index in [1.807, 2.05) is 67.3 Å². The van der Waals surface area contributed by atoms with Crippen LogP contribution in [-0.2, 0) is 32.3 Å². The molecule has 0 unspecified atom stereocenters. The number of aromatic nitrogens is 4. The lowest BCUT2D eigenvalue weighted by molar-refractivity contribution is -0.132. The van der Waals surface area contributed by atoms with Crippen molar-refractivity contribution < 1.29 is 19.2 Å². The molecule has 0 saturated heterocycles. The number of benzene rings is 1. The summed E-state index contributed by atoms with van der Waals surface area (Å²) in [6, 6.07) is 12.6. The highest BCUT2D eigenvalue weighted by atomic mass is 16.2. The van der Waals surface area contributed by atoms with Gasteiger partial charge in [0.15, 0.2) is 5.82 Å². The lowest BCUT2D eigenvalue weighted by atomic mass is 10.0. The lowest BCUT2D eigenvalue weighted by Crippen LogP contribution is -2.54. The van der Waals surface area contributed by atoms with E-state index in [0.717, 1.165) is 11.3 Å². The van der Waals surface area contributed by atoms with Gasteiger partial charge in [-0.3, -0.25) is 29.1 Å². The van der Waals surface area contributed by atoms with Crippen LogP contribution in [0.3, 0.4) is 0 Å². The first kappa shape index (κ1) is 33.2. The summed E-state index contributed by atoms with van der Waals surface area (Å²) >= 11 is 0. The van der Waals surface area contributed by atoms with Crippen molar-refractivity contribution in [3.63, 3.8) is 0 Å². The van der Waals surface area contributed by atoms with Crippen LogP contribution in [-0.4, -0.2) is 80.0 Å². The Kier molecular flexibility index (Phi) is 11.7. The summed E-state index contributed by atoms with van der Waals surface area (Å²) in [5.41, 5.74) is 1.57. The molecule has 3 atom stereocenters. The van der Waals surface area contributed by atoms with Crippen molar-refractivity contribution >= 4 is 23.6 Å². The summed E-state index contributed by atoms with van der Waals surface area (Å²) < 4.78 is 1.50. The van der Waals surface area contributed by atoms with Gasteiger partial charge in [-0.25, -0.2) is 9.67 Å². The molecule has 0 aliphatic carbocycles. The first-order chi connectivity index (χ1) is 21.6. The van der Waals surface area contributed by atoms with Crippen LogP contribution in [0.25, 0.3) is 11.4 Å². The molecule has 0 fully saturated rings. The monoisotopic (exact) mass is 617 g/mol. The van der Waals surface area contributed by atoms with Crippen LogP contribution in [0, 0.1) is 5.92 Å². The second kappa shape index (κ2) is 15.9. The molecular formula is C32H43N9O4. The van der Waals surface area contributed by atoms with Crippen LogP contribution in [0.4, 0.5) is 0 Å². The molecule has 0 spiro atoms. The highest BCUT2D eigenvalue weighted by Crippen LogP contribution is 2.19. The summed E-state index contributed by atoms with van der Waals surface area (Å²) in [7, 11) is 0. The number of fused-ring (bicyclic) bond motifs is 1. The van der Waals surface area contributed by atoms with Gasteiger partial charge in [0.1, 0.15) is 24.5 Å². The predicted octanol–water partition coefficient (Wildman–Crippen LogP) is 1.58. The second-order valence-corrected chi connectivity index (χ2v) is 11.8. The average molecular weight is 618 g/mol. The molecule has 3 heterocycles. The SMILES string of the molecule is CC(C)C[C@H]1NC(=O)[C@@H](C)NC(=O)CN(Cc2ccccn2)CCCNC(=O)Cn2nc(-c3ccccc3)nc2[C@H](C)NC1=O. The maximum absolute atomic E-state index is 13.5. The van der Waals surface area contributed by atoms with E-state index < -0.39 is 29.9 Å². The van der Waals surface area contributed by atoms with Crippen molar-refractivity contribution in [2.24, 2.45) is 5.92 Å². The highest BCUT2D eigenvalue weighted by Gasteiger charge is 2.28. The fourth-order valence-electron chi connectivity index (χ4n) is 5.09. The molecule has 13 heteroatoms. The van der Waals surface area contributed by atoms with Crippen LogP contribution in [0.1, 0.15) is 58.1 Å². The van der Waals surface area contributed by atoms with Crippen LogP contribution < -0.4 is 21.3 Å². The van der Waals surface area contributed by atoms with Gasteiger partial charge in [0.2, 0.25) is 23.6 Å². The number of carbonyl (C=O) groups excluding carboxylic acids is 4. The molecule has 0 bridgehead atoms. The smallest absolute Gasteiger partial charge is 0.243 e. The van der Waals surface area contributed by atoms with E-state index in [9.17, 15) is 19.2 Å². The summed E-state index contributed by atoms with van der Waals surface area (Å²) in [5.74, 6) is -0.515. The molecule has 0 radical (unpaired) electrons. The number of pyridine rings is 1. The van der Waals surface area contributed by atoms with E-state index in [1.54, 1.807) is 20.0 Å². The third-order valence-corrected chi connectivity index (χ3v) is 7.33. The third kappa shape index (κ3) is 9.93. The van der Waals surface area contributed by atoms with E-state index >= 15 is 0 Å². The second-order valence-electron chi connectivity index (χ2n) is 11.8. The summed E-state index contributed by atoms with van der Waals surface area (Å²) in [6.07, 6.45) is 2.65. The summed E-state index contributed by atoms with van der Waals surface area (Å²) in [6.45, 7) is 8.50. The Labute approximate surface area is 263 Å². The molecule has 4 N–H and O–H groups in total. The summed E-state index contributed by atoms with van der Waals surface area (Å²) in [5, 5.41) is 16.1. The van der Waals surface area contributed by atoms with Gasteiger partial charge in [-0.2, -0.15) is 5.10 Å². The van der Waals surface area contributed by atoms with Crippen LogP contribution >= 0.6 is 0 Å². The van der Waals surface area contributed by atoms with Crippen LogP contribution in [0.15, 0.2) is 54.7 Å². The minimum atomic E-state index is -0.869. The Morgan fingerprint density at radius 3 is 2.33 bits per heavy atom.